The van der Waals surface area contributed by atoms with Crippen LogP contribution in [0, 0.1) is 5.92 Å². The summed E-state index contributed by atoms with van der Waals surface area (Å²) in [6.07, 6.45) is 0. The maximum atomic E-state index is 12.2. The van der Waals surface area contributed by atoms with Crippen molar-refractivity contribution in [1.29, 1.82) is 0 Å². The van der Waals surface area contributed by atoms with Gasteiger partial charge in [-0.05, 0) is 19.2 Å². The molecule has 0 fully saturated rings. The summed E-state index contributed by atoms with van der Waals surface area (Å²) in [4.78, 5) is 12.2. The predicted molar refractivity (Wildman–Crippen MR) is 99.2 cm³/mol. The molecule has 2 aromatic carbocycles. The largest absolute Gasteiger partial charge is 0.495 e. The second-order valence-corrected chi connectivity index (χ2v) is 5.59. The summed E-state index contributed by atoms with van der Waals surface area (Å²) in [5.74, 6) is 0.415. The Morgan fingerprint density at radius 1 is 1.21 bits per heavy atom. The zero-order chi connectivity index (χ0) is 16.4. The Morgan fingerprint density at radius 2 is 1.96 bits per heavy atom. The summed E-state index contributed by atoms with van der Waals surface area (Å²) in [6.45, 7) is 2.49. The normalized spacial score (nSPS) is 12.0. The number of carbonyl (C=O) groups excluding carboxylic acids is 1. The minimum absolute atomic E-state index is 0. The number of rotatable bonds is 5. The second kappa shape index (κ2) is 7.55. The summed E-state index contributed by atoms with van der Waals surface area (Å²) in [7, 11) is 3.42. The van der Waals surface area contributed by atoms with Crippen LogP contribution in [0.1, 0.15) is 6.92 Å². The van der Waals surface area contributed by atoms with Gasteiger partial charge in [0.1, 0.15) is 16.9 Å². The third kappa shape index (κ3) is 3.32. The summed E-state index contributed by atoms with van der Waals surface area (Å²) >= 11 is 0. The number of methoxy groups -OCH3 is 1. The van der Waals surface area contributed by atoms with Crippen molar-refractivity contribution in [3.63, 3.8) is 0 Å². The molecule has 0 radical (unpaired) electrons. The van der Waals surface area contributed by atoms with Crippen molar-refractivity contribution in [2.75, 3.05) is 26.0 Å². The van der Waals surface area contributed by atoms with Crippen molar-refractivity contribution in [2.24, 2.45) is 5.92 Å². The highest BCUT2D eigenvalue weighted by Gasteiger charge is 2.17. The summed E-state index contributed by atoms with van der Waals surface area (Å²) < 4.78 is 11.3. The van der Waals surface area contributed by atoms with Gasteiger partial charge >= 0.3 is 0 Å². The number of hydrogen-bond acceptors (Lipinski definition) is 4. The highest BCUT2D eigenvalue weighted by molar-refractivity contribution is 6.07. The average molecular weight is 349 g/mol. The van der Waals surface area contributed by atoms with Gasteiger partial charge in [0.05, 0.1) is 12.8 Å². The van der Waals surface area contributed by atoms with Gasteiger partial charge < -0.3 is 19.8 Å². The summed E-state index contributed by atoms with van der Waals surface area (Å²) in [5.41, 5.74) is 2.16. The average Bonchev–Trinajstić information content (AvgIpc) is 2.91. The van der Waals surface area contributed by atoms with Crippen LogP contribution in [0.2, 0.25) is 0 Å². The van der Waals surface area contributed by atoms with Gasteiger partial charge in [-0.3, -0.25) is 4.79 Å². The molecule has 1 unspecified atom stereocenters. The molecule has 0 bridgehead atoms. The van der Waals surface area contributed by atoms with Crippen molar-refractivity contribution in [3.8, 4) is 5.75 Å². The van der Waals surface area contributed by atoms with Gasteiger partial charge in [0.2, 0.25) is 5.91 Å². The smallest absolute Gasteiger partial charge is 0.228 e. The lowest BCUT2D eigenvalue weighted by molar-refractivity contribution is -0.119. The molecule has 24 heavy (non-hydrogen) atoms. The van der Waals surface area contributed by atoms with Crippen molar-refractivity contribution >= 4 is 45.9 Å². The number of amides is 1. The molecule has 0 aliphatic rings. The number of benzene rings is 2. The molecule has 2 N–H and O–H groups in total. The first-order chi connectivity index (χ1) is 11.1. The first kappa shape index (κ1) is 18.1. The van der Waals surface area contributed by atoms with Crippen molar-refractivity contribution < 1.29 is 13.9 Å². The molecule has 3 aromatic rings. The van der Waals surface area contributed by atoms with Crippen LogP contribution in [-0.2, 0) is 4.79 Å². The number of hydrogen-bond donors (Lipinski definition) is 2. The van der Waals surface area contributed by atoms with Crippen LogP contribution in [0.4, 0.5) is 5.69 Å². The second-order valence-electron chi connectivity index (χ2n) is 5.59. The van der Waals surface area contributed by atoms with Crippen LogP contribution in [-0.4, -0.2) is 26.6 Å². The van der Waals surface area contributed by atoms with Gasteiger partial charge in [0.15, 0.2) is 0 Å². The van der Waals surface area contributed by atoms with E-state index in [9.17, 15) is 4.79 Å². The van der Waals surface area contributed by atoms with Crippen LogP contribution in [0.25, 0.3) is 21.9 Å². The quantitative estimate of drug-likeness (QED) is 0.736. The molecule has 0 aliphatic carbocycles. The van der Waals surface area contributed by atoms with Crippen LogP contribution >= 0.6 is 12.4 Å². The van der Waals surface area contributed by atoms with Gasteiger partial charge in [0, 0.05) is 29.3 Å². The van der Waals surface area contributed by atoms with Gasteiger partial charge in [-0.2, -0.15) is 0 Å². The van der Waals surface area contributed by atoms with Gasteiger partial charge in [-0.15, -0.1) is 12.4 Å². The molecule has 0 spiro atoms. The van der Waals surface area contributed by atoms with Crippen molar-refractivity contribution in [3.05, 3.63) is 36.4 Å². The minimum atomic E-state index is -0.143. The van der Waals surface area contributed by atoms with E-state index in [1.165, 1.54) is 0 Å². The molecule has 0 saturated carbocycles. The number of furan rings is 1. The molecule has 0 saturated heterocycles. The summed E-state index contributed by atoms with van der Waals surface area (Å²) in [6, 6.07) is 11.6. The van der Waals surface area contributed by atoms with Crippen molar-refractivity contribution in [2.45, 2.75) is 6.92 Å². The fourth-order valence-corrected chi connectivity index (χ4v) is 2.67. The monoisotopic (exact) mass is 348 g/mol. The van der Waals surface area contributed by atoms with E-state index in [0.29, 0.717) is 18.0 Å². The first-order valence-corrected chi connectivity index (χ1v) is 7.58. The lowest BCUT2D eigenvalue weighted by Gasteiger charge is -2.14. The maximum absolute atomic E-state index is 12.2. The molecule has 3 rings (SSSR count). The van der Waals surface area contributed by atoms with Gasteiger partial charge in [0.25, 0.3) is 0 Å². The topological polar surface area (TPSA) is 63.5 Å². The van der Waals surface area contributed by atoms with E-state index in [1.807, 2.05) is 50.4 Å². The number of halogens is 1. The number of fused-ring (bicyclic) bond motifs is 3. The predicted octanol–water partition coefficient (Wildman–Crippen LogP) is 3.81. The lowest BCUT2D eigenvalue weighted by Crippen LogP contribution is -2.28. The molecule has 1 atom stereocenters. The van der Waals surface area contributed by atoms with Crippen LogP contribution < -0.4 is 15.4 Å². The maximum Gasteiger partial charge on any atom is 0.228 e. The highest BCUT2D eigenvalue weighted by atomic mass is 35.5. The summed E-state index contributed by atoms with van der Waals surface area (Å²) in [5, 5.41) is 7.92. The Kier molecular flexibility index (Phi) is 5.70. The van der Waals surface area contributed by atoms with Crippen molar-refractivity contribution in [1.82, 2.24) is 5.32 Å². The van der Waals surface area contributed by atoms with Crippen LogP contribution in [0.3, 0.4) is 0 Å². The zero-order valence-electron chi connectivity index (χ0n) is 13.9. The number of carbonyl (C=O) groups is 1. The third-order valence-electron chi connectivity index (χ3n) is 3.91. The Labute approximate surface area is 146 Å². The third-order valence-corrected chi connectivity index (χ3v) is 3.91. The highest BCUT2D eigenvalue weighted by Crippen LogP contribution is 2.36. The fraction of sp³-hybridized carbons (Fsp3) is 0.278. The van der Waals surface area contributed by atoms with E-state index in [-0.39, 0.29) is 24.2 Å². The number of ether oxygens (including phenoxy) is 1. The molecule has 1 amide bonds. The van der Waals surface area contributed by atoms with Gasteiger partial charge in [-0.1, -0.05) is 25.1 Å². The molecule has 128 valence electrons. The lowest BCUT2D eigenvalue weighted by atomic mass is 10.1. The number of nitrogens with one attached hydrogen (secondary N) is 2. The molecule has 0 aliphatic heterocycles. The number of para-hydroxylation sites is 1. The fourth-order valence-electron chi connectivity index (χ4n) is 2.67. The molecular weight excluding hydrogens is 328 g/mol. The van der Waals surface area contributed by atoms with E-state index in [2.05, 4.69) is 10.6 Å². The van der Waals surface area contributed by atoms with E-state index >= 15 is 0 Å². The van der Waals surface area contributed by atoms with Gasteiger partial charge in [-0.25, -0.2) is 0 Å². The van der Waals surface area contributed by atoms with E-state index < -0.39 is 0 Å². The molecule has 1 aromatic heterocycles. The Hall–Kier alpha value is -2.24. The molecular formula is C18H21ClN2O3. The van der Waals surface area contributed by atoms with E-state index in [4.69, 9.17) is 9.15 Å². The van der Waals surface area contributed by atoms with Crippen LogP contribution in [0.15, 0.2) is 40.8 Å². The van der Waals surface area contributed by atoms with E-state index in [0.717, 1.165) is 21.9 Å². The van der Waals surface area contributed by atoms with Crippen LogP contribution in [0.5, 0.6) is 5.75 Å². The zero-order valence-corrected chi connectivity index (χ0v) is 14.7. The molecule has 5 nitrogen and oxygen atoms in total. The SMILES string of the molecule is CNCC(C)C(=O)Nc1cc2oc3ccccc3c2cc1OC.Cl. The molecule has 6 heteroatoms. The van der Waals surface area contributed by atoms with E-state index in [1.54, 1.807) is 7.11 Å². The standard InChI is InChI=1S/C18H20N2O3.ClH/c1-11(10-19-2)18(21)20-14-9-16-13(8-17(14)22-3)12-6-4-5-7-15(12)23-16;/h4-9,11,19H,10H2,1-3H3,(H,20,21);1H. The molecule has 1 heterocycles. The minimum Gasteiger partial charge on any atom is -0.495 e. The first-order valence-electron chi connectivity index (χ1n) is 7.58. The Morgan fingerprint density at radius 3 is 2.67 bits per heavy atom. The Balaban J connectivity index is 0.00000208. The number of anilines is 1. The Bertz CT molecular complexity index is 860.